The molecule has 7 nitrogen and oxygen atoms in total. The summed E-state index contributed by atoms with van der Waals surface area (Å²) in [6.07, 6.45) is 1.74. The zero-order valence-electron chi connectivity index (χ0n) is 12.3. The molecular formula is C14H19N3O4S. The molecule has 2 rings (SSSR count). The Morgan fingerprint density at radius 3 is 2.50 bits per heavy atom. The number of hydrazine groups is 1. The van der Waals surface area contributed by atoms with Gasteiger partial charge < -0.3 is 0 Å². The first-order valence-electron chi connectivity index (χ1n) is 6.94. The molecule has 0 aromatic heterocycles. The monoisotopic (exact) mass is 325 g/mol. The Bertz CT molecular complexity index is 645. The molecule has 1 atom stereocenters. The maximum absolute atomic E-state index is 11.9. The Hall–Kier alpha value is -1.93. The number of carbonyl (C=O) groups is 2. The molecule has 1 fully saturated rings. The van der Waals surface area contributed by atoms with Gasteiger partial charge in [0.15, 0.2) is 0 Å². The molecule has 0 aliphatic carbocycles. The molecule has 0 radical (unpaired) electrons. The van der Waals surface area contributed by atoms with Gasteiger partial charge in [-0.1, -0.05) is 30.3 Å². The van der Waals surface area contributed by atoms with Crippen molar-refractivity contribution >= 4 is 21.8 Å². The summed E-state index contributed by atoms with van der Waals surface area (Å²) >= 11 is 0. The molecule has 1 saturated heterocycles. The fourth-order valence-corrected chi connectivity index (χ4v) is 3.19. The minimum absolute atomic E-state index is 0.152. The van der Waals surface area contributed by atoms with Gasteiger partial charge >= 0.3 is 0 Å². The molecule has 8 heteroatoms. The summed E-state index contributed by atoms with van der Waals surface area (Å²) in [5.41, 5.74) is 5.56. The van der Waals surface area contributed by atoms with E-state index in [1.54, 1.807) is 0 Å². The Morgan fingerprint density at radius 1 is 1.23 bits per heavy atom. The van der Waals surface area contributed by atoms with Crippen LogP contribution in [-0.4, -0.2) is 43.9 Å². The van der Waals surface area contributed by atoms with E-state index in [4.69, 9.17) is 0 Å². The van der Waals surface area contributed by atoms with Crippen LogP contribution in [0.15, 0.2) is 30.3 Å². The fraction of sp³-hybridized carbons (Fsp3) is 0.429. The van der Waals surface area contributed by atoms with Gasteiger partial charge in [0.2, 0.25) is 21.8 Å². The molecule has 1 aliphatic heterocycles. The second kappa shape index (κ2) is 6.89. The molecular weight excluding hydrogens is 306 g/mol. The van der Waals surface area contributed by atoms with E-state index in [1.165, 1.54) is 4.31 Å². The van der Waals surface area contributed by atoms with Crippen LogP contribution in [0.5, 0.6) is 0 Å². The van der Waals surface area contributed by atoms with Crippen LogP contribution in [0.1, 0.15) is 12.0 Å². The number of nitrogens with one attached hydrogen (secondary N) is 2. The predicted molar refractivity (Wildman–Crippen MR) is 81.0 cm³/mol. The fourth-order valence-electron chi connectivity index (χ4n) is 2.30. The summed E-state index contributed by atoms with van der Waals surface area (Å²) in [6.45, 7) is 0.480. The average molecular weight is 325 g/mol. The predicted octanol–water partition coefficient (Wildman–Crippen LogP) is -0.342. The molecule has 0 spiro atoms. The minimum atomic E-state index is -3.27. The maximum atomic E-state index is 11.9. The summed E-state index contributed by atoms with van der Waals surface area (Å²) in [7, 11) is -3.27. The van der Waals surface area contributed by atoms with E-state index >= 15 is 0 Å². The second-order valence-corrected chi connectivity index (χ2v) is 7.29. The first-order valence-corrected chi connectivity index (χ1v) is 8.79. The highest BCUT2D eigenvalue weighted by atomic mass is 32.2. The van der Waals surface area contributed by atoms with Crippen LogP contribution in [0.25, 0.3) is 0 Å². The zero-order chi connectivity index (χ0) is 16.2. The highest BCUT2D eigenvalue weighted by molar-refractivity contribution is 7.88. The first-order chi connectivity index (χ1) is 10.4. The molecule has 1 aromatic carbocycles. The molecule has 1 aliphatic rings. The van der Waals surface area contributed by atoms with Gasteiger partial charge in [-0.2, -0.15) is 0 Å². The quantitative estimate of drug-likeness (QED) is 0.740. The summed E-state index contributed by atoms with van der Waals surface area (Å²) in [5, 5.41) is 0. The van der Waals surface area contributed by atoms with Crippen molar-refractivity contribution in [2.75, 3.05) is 19.3 Å². The lowest BCUT2D eigenvalue weighted by molar-refractivity contribution is -0.130. The summed E-state index contributed by atoms with van der Waals surface area (Å²) in [6, 6.07) is 9.17. The van der Waals surface area contributed by atoms with Gasteiger partial charge in [-0.05, 0) is 12.0 Å². The van der Waals surface area contributed by atoms with Crippen LogP contribution in [0.3, 0.4) is 0 Å². The van der Waals surface area contributed by atoms with Crippen LogP contribution in [0.2, 0.25) is 0 Å². The van der Waals surface area contributed by atoms with E-state index in [1.807, 2.05) is 30.3 Å². The second-order valence-electron chi connectivity index (χ2n) is 5.31. The van der Waals surface area contributed by atoms with Crippen molar-refractivity contribution in [2.24, 2.45) is 5.92 Å². The molecule has 1 unspecified atom stereocenters. The summed E-state index contributed by atoms with van der Waals surface area (Å²) in [4.78, 5) is 23.7. The van der Waals surface area contributed by atoms with Crippen molar-refractivity contribution in [1.29, 1.82) is 0 Å². The average Bonchev–Trinajstić information content (AvgIpc) is 2.96. The molecule has 0 saturated carbocycles. The van der Waals surface area contributed by atoms with Crippen molar-refractivity contribution in [2.45, 2.75) is 12.8 Å². The highest BCUT2D eigenvalue weighted by Gasteiger charge is 2.32. The van der Waals surface area contributed by atoms with Crippen LogP contribution in [0.4, 0.5) is 0 Å². The number of rotatable bonds is 4. The zero-order valence-corrected chi connectivity index (χ0v) is 13.1. The van der Waals surface area contributed by atoms with Crippen LogP contribution in [0, 0.1) is 5.92 Å². The standard InChI is InChI=1S/C14H19N3O4S/c1-22(20,21)17-8-7-12(10-17)14(19)16-15-13(18)9-11-5-3-2-4-6-11/h2-6,12H,7-10H2,1H3,(H,15,18)(H,16,19). The topological polar surface area (TPSA) is 95.6 Å². The molecule has 1 heterocycles. The summed E-state index contributed by atoms with van der Waals surface area (Å²) < 4.78 is 24.1. The van der Waals surface area contributed by atoms with E-state index in [0.29, 0.717) is 13.0 Å². The number of hydrogen-bond donors (Lipinski definition) is 2. The Kier molecular flexibility index (Phi) is 5.15. The van der Waals surface area contributed by atoms with Crippen molar-refractivity contribution < 1.29 is 18.0 Å². The van der Waals surface area contributed by atoms with Gasteiger partial charge in [-0.25, -0.2) is 12.7 Å². The maximum Gasteiger partial charge on any atom is 0.242 e. The third-order valence-corrected chi connectivity index (χ3v) is 4.79. The molecule has 0 bridgehead atoms. The number of amides is 2. The van der Waals surface area contributed by atoms with Crippen molar-refractivity contribution in [3.8, 4) is 0 Å². The third kappa shape index (κ3) is 4.54. The van der Waals surface area contributed by atoms with Gasteiger partial charge in [0, 0.05) is 13.1 Å². The number of carbonyl (C=O) groups excluding carboxylic acids is 2. The van der Waals surface area contributed by atoms with E-state index in [0.717, 1.165) is 11.8 Å². The van der Waals surface area contributed by atoms with Crippen LogP contribution < -0.4 is 10.9 Å². The van der Waals surface area contributed by atoms with Crippen LogP contribution in [-0.2, 0) is 26.0 Å². The van der Waals surface area contributed by atoms with Gasteiger partial charge in [0.25, 0.3) is 0 Å². The largest absolute Gasteiger partial charge is 0.273 e. The van der Waals surface area contributed by atoms with Gasteiger partial charge in [-0.3, -0.25) is 20.4 Å². The third-order valence-electron chi connectivity index (χ3n) is 3.52. The van der Waals surface area contributed by atoms with Crippen molar-refractivity contribution in [1.82, 2.24) is 15.2 Å². The van der Waals surface area contributed by atoms with Crippen molar-refractivity contribution in [3.05, 3.63) is 35.9 Å². The Morgan fingerprint density at radius 2 is 1.91 bits per heavy atom. The molecule has 2 N–H and O–H groups in total. The lowest BCUT2D eigenvalue weighted by Crippen LogP contribution is -2.45. The van der Waals surface area contributed by atoms with Gasteiger partial charge in [-0.15, -0.1) is 0 Å². The number of sulfonamides is 1. The van der Waals surface area contributed by atoms with Gasteiger partial charge in [0.1, 0.15) is 0 Å². The molecule has 1 aromatic rings. The lowest BCUT2D eigenvalue weighted by atomic mass is 10.1. The SMILES string of the molecule is CS(=O)(=O)N1CCC(C(=O)NNC(=O)Cc2ccccc2)C1. The lowest BCUT2D eigenvalue weighted by Gasteiger charge is -2.14. The van der Waals surface area contributed by atoms with Gasteiger partial charge in [0.05, 0.1) is 18.6 Å². The molecule has 22 heavy (non-hydrogen) atoms. The first kappa shape index (κ1) is 16.4. The van der Waals surface area contributed by atoms with E-state index in [9.17, 15) is 18.0 Å². The normalized spacial score (nSPS) is 18.9. The molecule has 2 amide bonds. The molecule has 120 valence electrons. The van der Waals surface area contributed by atoms with Crippen molar-refractivity contribution in [3.63, 3.8) is 0 Å². The smallest absolute Gasteiger partial charge is 0.242 e. The Labute approximate surface area is 129 Å². The number of hydrogen-bond acceptors (Lipinski definition) is 4. The van der Waals surface area contributed by atoms with E-state index < -0.39 is 15.9 Å². The number of nitrogens with zero attached hydrogens (tertiary/aromatic N) is 1. The number of benzene rings is 1. The summed E-state index contributed by atoms with van der Waals surface area (Å²) in [5.74, 6) is -1.13. The van der Waals surface area contributed by atoms with E-state index in [2.05, 4.69) is 10.9 Å². The Balaban J connectivity index is 1.77. The van der Waals surface area contributed by atoms with E-state index in [-0.39, 0.29) is 24.8 Å². The van der Waals surface area contributed by atoms with Crippen LogP contribution >= 0.6 is 0 Å². The highest BCUT2D eigenvalue weighted by Crippen LogP contribution is 2.18. The minimum Gasteiger partial charge on any atom is -0.273 e.